The van der Waals surface area contributed by atoms with Crippen molar-refractivity contribution in [2.45, 2.75) is 4.90 Å². The van der Waals surface area contributed by atoms with Crippen LogP contribution in [0.2, 0.25) is 0 Å². The summed E-state index contributed by atoms with van der Waals surface area (Å²) in [6.07, 6.45) is 2.53. The van der Waals surface area contributed by atoms with E-state index in [4.69, 9.17) is 5.26 Å². The van der Waals surface area contributed by atoms with E-state index in [1.165, 1.54) is 42.7 Å². The Hall–Kier alpha value is -3.05. The number of aromatic nitrogens is 2. The number of benzene rings is 1. The third-order valence-corrected chi connectivity index (χ3v) is 4.46. The standard InChI is InChI=1S/C14H10N4O3S/c15-6-9-1-3-10(4-2-9)18-22(20,21)13-8-17-14-12(13)5-11(19)7-16-14/h1-5,7-8,18-19H,(H,16,17). The molecule has 3 rings (SSSR count). The molecule has 0 atom stereocenters. The van der Waals surface area contributed by atoms with E-state index in [0.29, 0.717) is 22.3 Å². The predicted molar refractivity (Wildman–Crippen MR) is 79.7 cm³/mol. The van der Waals surface area contributed by atoms with E-state index in [-0.39, 0.29) is 10.6 Å². The van der Waals surface area contributed by atoms with Crippen LogP contribution in [-0.2, 0) is 10.0 Å². The molecule has 0 aliphatic heterocycles. The largest absolute Gasteiger partial charge is 0.506 e. The molecular formula is C14H10N4O3S. The summed E-state index contributed by atoms with van der Waals surface area (Å²) >= 11 is 0. The Morgan fingerprint density at radius 2 is 2.00 bits per heavy atom. The number of anilines is 1. The minimum absolute atomic E-state index is 0.0183. The Bertz CT molecular complexity index is 985. The summed E-state index contributed by atoms with van der Waals surface area (Å²) in [5.41, 5.74) is 1.13. The molecule has 110 valence electrons. The lowest BCUT2D eigenvalue weighted by atomic mass is 10.2. The summed E-state index contributed by atoms with van der Waals surface area (Å²) < 4.78 is 27.3. The molecule has 0 saturated carbocycles. The van der Waals surface area contributed by atoms with Gasteiger partial charge in [0.15, 0.2) is 0 Å². The highest BCUT2D eigenvalue weighted by atomic mass is 32.2. The molecule has 2 aromatic heterocycles. The van der Waals surface area contributed by atoms with Gasteiger partial charge in [0.2, 0.25) is 0 Å². The zero-order valence-electron chi connectivity index (χ0n) is 11.1. The quantitative estimate of drug-likeness (QED) is 0.682. The van der Waals surface area contributed by atoms with E-state index in [2.05, 4.69) is 14.7 Å². The maximum atomic E-state index is 12.4. The number of nitrogens with zero attached hydrogens (tertiary/aromatic N) is 2. The zero-order chi connectivity index (χ0) is 15.7. The Morgan fingerprint density at radius 3 is 2.68 bits per heavy atom. The Morgan fingerprint density at radius 1 is 1.27 bits per heavy atom. The van der Waals surface area contributed by atoms with E-state index in [1.54, 1.807) is 0 Å². The number of aromatic hydroxyl groups is 1. The highest BCUT2D eigenvalue weighted by Gasteiger charge is 2.20. The Labute approximate surface area is 125 Å². The van der Waals surface area contributed by atoms with Crippen LogP contribution < -0.4 is 4.72 Å². The predicted octanol–water partition coefficient (Wildman–Crippen LogP) is 1.94. The lowest BCUT2D eigenvalue weighted by Gasteiger charge is -2.07. The van der Waals surface area contributed by atoms with Crippen molar-refractivity contribution in [2.75, 3.05) is 4.72 Å². The van der Waals surface area contributed by atoms with Gasteiger partial charge in [-0.1, -0.05) is 0 Å². The Kier molecular flexibility index (Phi) is 3.19. The van der Waals surface area contributed by atoms with Crippen molar-refractivity contribution in [3.05, 3.63) is 48.3 Å². The van der Waals surface area contributed by atoms with Crippen LogP contribution in [-0.4, -0.2) is 23.5 Å². The Balaban J connectivity index is 2.01. The fourth-order valence-electron chi connectivity index (χ4n) is 2.01. The molecule has 0 fully saturated rings. The maximum absolute atomic E-state index is 12.4. The summed E-state index contributed by atoms with van der Waals surface area (Å²) in [7, 11) is -3.85. The molecule has 0 aliphatic carbocycles. The van der Waals surface area contributed by atoms with Gasteiger partial charge in [-0.25, -0.2) is 13.4 Å². The number of H-pyrrole nitrogens is 1. The molecule has 0 unspecified atom stereocenters. The van der Waals surface area contributed by atoms with Gasteiger partial charge in [0.1, 0.15) is 16.3 Å². The number of aromatic amines is 1. The fourth-order valence-corrected chi connectivity index (χ4v) is 3.23. The molecule has 0 bridgehead atoms. The van der Waals surface area contributed by atoms with E-state index in [0.717, 1.165) is 0 Å². The molecule has 8 heteroatoms. The second kappa shape index (κ2) is 5.05. The highest BCUT2D eigenvalue weighted by molar-refractivity contribution is 7.93. The first-order valence-electron chi connectivity index (χ1n) is 6.19. The van der Waals surface area contributed by atoms with Gasteiger partial charge >= 0.3 is 0 Å². The summed E-state index contributed by atoms with van der Waals surface area (Å²) in [6.45, 7) is 0. The van der Waals surface area contributed by atoms with Crippen molar-refractivity contribution in [1.29, 1.82) is 5.26 Å². The third-order valence-electron chi connectivity index (χ3n) is 3.03. The lowest BCUT2D eigenvalue weighted by molar-refractivity contribution is 0.474. The summed E-state index contributed by atoms with van der Waals surface area (Å²) in [5.74, 6) is -0.123. The summed E-state index contributed by atoms with van der Waals surface area (Å²) in [6, 6.07) is 9.31. The van der Waals surface area contributed by atoms with Gasteiger partial charge in [0.25, 0.3) is 10.0 Å². The van der Waals surface area contributed by atoms with Crippen LogP contribution in [0.3, 0.4) is 0 Å². The first kappa shape index (κ1) is 13.9. The third kappa shape index (κ3) is 2.45. The van der Waals surface area contributed by atoms with Crippen molar-refractivity contribution in [2.24, 2.45) is 0 Å². The summed E-state index contributed by atoms with van der Waals surface area (Å²) in [5, 5.41) is 18.5. The summed E-state index contributed by atoms with van der Waals surface area (Å²) in [4.78, 5) is 6.63. The number of hydrogen-bond donors (Lipinski definition) is 3. The van der Waals surface area contributed by atoms with Crippen LogP contribution in [0.25, 0.3) is 11.0 Å². The molecular weight excluding hydrogens is 304 g/mol. The van der Waals surface area contributed by atoms with Gasteiger partial charge in [-0.2, -0.15) is 5.26 Å². The van der Waals surface area contributed by atoms with Crippen LogP contribution in [0.4, 0.5) is 5.69 Å². The van der Waals surface area contributed by atoms with Gasteiger partial charge in [-0.3, -0.25) is 4.72 Å². The van der Waals surface area contributed by atoms with Crippen molar-refractivity contribution >= 4 is 26.7 Å². The molecule has 0 saturated heterocycles. The number of pyridine rings is 1. The molecule has 0 amide bonds. The van der Waals surface area contributed by atoms with Crippen molar-refractivity contribution < 1.29 is 13.5 Å². The smallest absolute Gasteiger partial charge is 0.264 e. The van der Waals surface area contributed by atoms with Crippen molar-refractivity contribution in [1.82, 2.24) is 9.97 Å². The monoisotopic (exact) mass is 314 g/mol. The normalized spacial score (nSPS) is 11.2. The van der Waals surface area contributed by atoms with E-state index in [1.807, 2.05) is 6.07 Å². The lowest BCUT2D eigenvalue weighted by Crippen LogP contribution is -2.12. The average Bonchev–Trinajstić information content (AvgIpc) is 2.91. The molecule has 3 N–H and O–H groups in total. The van der Waals surface area contributed by atoms with Gasteiger partial charge in [-0.15, -0.1) is 0 Å². The van der Waals surface area contributed by atoms with E-state index in [9.17, 15) is 13.5 Å². The molecule has 22 heavy (non-hydrogen) atoms. The van der Waals surface area contributed by atoms with Gasteiger partial charge in [0, 0.05) is 17.3 Å². The van der Waals surface area contributed by atoms with Crippen LogP contribution in [0.1, 0.15) is 5.56 Å². The minimum Gasteiger partial charge on any atom is -0.506 e. The maximum Gasteiger partial charge on any atom is 0.264 e. The number of hydrogen-bond acceptors (Lipinski definition) is 5. The van der Waals surface area contributed by atoms with Crippen LogP contribution in [0, 0.1) is 11.3 Å². The second-order valence-corrected chi connectivity index (χ2v) is 6.19. The van der Waals surface area contributed by atoms with Crippen molar-refractivity contribution in [3.63, 3.8) is 0 Å². The molecule has 3 aromatic rings. The molecule has 7 nitrogen and oxygen atoms in total. The first-order chi connectivity index (χ1) is 10.5. The number of rotatable bonds is 3. The SMILES string of the molecule is N#Cc1ccc(NS(=O)(=O)c2c[nH]c3ncc(O)cc23)cc1. The molecule has 2 heterocycles. The van der Waals surface area contributed by atoms with E-state index < -0.39 is 10.0 Å². The van der Waals surface area contributed by atoms with Gasteiger partial charge in [-0.05, 0) is 30.3 Å². The first-order valence-corrected chi connectivity index (χ1v) is 7.67. The van der Waals surface area contributed by atoms with Crippen LogP contribution in [0.15, 0.2) is 47.6 Å². The van der Waals surface area contributed by atoms with Gasteiger partial charge in [0.05, 0.1) is 17.8 Å². The molecule has 0 radical (unpaired) electrons. The minimum atomic E-state index is -3.85. The van der Waals surface area contributed by atoms with Crippen molar-refractivity contribution in [3.8, 4) is 11.8 Å². The van der Waals surface area contributed by atoms with Crippen LogP contribution in [0.5, 0.6) is 5.75 Å². The number of fused-ring (bicyclic) bond motifs is 1. The second-order valence-electron chi connectivity index (χ2n) is 4.54. The number of nitriles is 1. The topological polar surface area (TPSA) is 119 Å². The molecule has 0 spiro atoms. The molecule has 1 aromatic carbocycles. The molecule has 0 aliphatic rings. The zero-order valence-corrected chi connectivity index (χ0v) is 11.9. The fraction of sp³-hybridized carbons (Fsp3) is 0. The van der Waals surface area contributed by atoms with E-state index >= 15 is 0 Å². The number of sulfonamides is 1. The van der Waals surface area contributed by atoms with Crippen LogP contribution >= 0.6 is 0 Å². The van der Waals surface area contributed by atoms with Gasteiger partial charge < -0.3 is 10.1 Å². The average molecular weight is 314 g/mol. The highest BCUT2D eigenvalue weighted by Crippen LogP contribution is 2.26. The number of nitrogens with one attached hydrogen (secondary N) is 2.